The number of aliphatic hydroxyl groups is 1. The molecule has 1 N–H and O–H groups in total. The van der Waals surface area contributed by atoms with Crippen molar-refractivity contribution in [3.05, 3.63) is 30.1 Å². The second kappa shape index (κ2) is 7.82. The SMILES string of the molecule is CC(C)N(CCCO)C(=O)CCc1ccncc1. The minimum atomic E-state index is 0.126. The van der Waals surface area contributed by atoms with Crippen LogP contribution in [0.4, 0.5) is 0 Å². The van der Waals surface area contributed by atoms with Gasteiger partial charge in [-0.05, 0) is 44.4 Å². The molecule has 4 heteroatoms. The fourth-order valence-electron chi connectivity index (χ4n) is 1.86. The maximum atomic E-state index is 12.1. The first-order valence-corrected chi connectivity index (χ1v) is 6.44. The van der Waals surface area contributed by atoms with Crippen LogP contribution in [0.25, 0.3) is 0 Å². The van der Waals surface area contributed by atoms with Gasteiger partial charge >= 0.3 is 0 Å². The molecular weight excluding hydrogens is 228 g/mol. The predicted octanol–water partition coefficient (Wildman–Crippen LogP) is 1.63. The second-order valence-corrected chi connectivity index (χ2v) is 4.61. The van der Waals surface area contributed by atoms with Crippen LogP contribution < -0.4 is 0 Å². The average Bonchev–Trinajstić information content (AvgIpc) is 2.37. The molecule has 4 nitrogen and oxygen atoms in total. The molecule has 1 aromatic heterocycles. The van der Waals surface area contributed by atoms with Gasteiger partial charge in [-0.3, -0.25) is 9.78 Å². The van der Waals surface area contributed by atoms with Crippen LogP contribution in [-0.4, -0.2) is 40.1 Å². The smallest absolute Gasteiger partial charge is 0.223 e. The topological polar surface area (TPSA) is 53.4 Å². The summed E-state index contributed by atoms with van der Waals surface area (Å²) >= 11 is 0. The van der Waals surface area contributed by atoms with Crippen LogP contribution in [0.1, 0.15) is 32.3 Å². The minimum absolute atomic E-state index is 0.126. The Balaban J connectivity index is 2.46. The maximum absolute atomic E-state index is 12.1. The lowest BCUT2D eigenvalue weighted by Gasteiger charge is -2.26. The first-order chi connectivity index (χ1) is 8.65. The van der Waals surface area contributed by atoms with E-state index in [9.17, 15) is 4.79 Å². The van der Waals surface area contributed by atoms with Crippen molar-refractivity contribution < 1.29 is 9.90 Å². The zero-order valence-electron chi connectivity index (χ0n) is 11.2. The van der Waals surface area contributed by atoms with E-state index in [-0.39, 0.29) is 18.6 Å². The van der Waals surface area contributed by atoms with E-state index in [2.05, 4.69) is 4.98 Å². The summed E-state index contributed by atoms with van der Waals surface area (Å²) < 4.78 is 0. The number of hydrogen-bond acceptors (Lipinski definition) is 3. The molecule has 100 valence electrons. The van der Waals surface area contributed by atoms with Crippen LogP contribution in [0, 0.1) is 0 Å². The number of aliphatic hydroxyl groups excluding tert-OH is 1. The van der Waals surface area contributed by atoms with E-state index in [4.69, 9.17) is 5.11 Å². The molecule has 0 radical (unpaired) electrons. The molecule has 0 aliphatic carbocycles. The second-order valence-electron chi connectivity index (χ2n) is 4.61. The summed E-state index contributed by atoms with van der Waals surface area (Å²) in [4.78, 5) is 17.9. The molecule has 0 unspecified atom stereocenters. The van der Waals surface area contributed by atoms with Crippen molar-refractivity contribution in [2.24, 2.45) is 0 Å². The summed E-state index contributed by atoms with van der Waals surface area (Å²) in [5.41, 5.74) is 1.13. The lowest BCUT2D eigenvalue weighted by atomic mass is 10.1. The highest BCUT2D eigenvalue weighted by Crippen LogP contribution is 2.07. The van der Waals surface area contributed by atoms with Gasteiger partial charge in [-0.2, -0.15) is 0 Å². The van der Waals surface area contributed by atoms with Crippen molar-refractivity contribution in [1.82, 2.24) is 9.88 Å². The maximum Gasteiger partial charge on any atom is 0.223 e. The highest BCUT2D eigenvalue weighted by Gasteiger charge is 2.15. The molecule has 0 aromatic carbocycles. The first kappa shape index (κ1) is 14.6. The number of aromatic nitrogens is 1. The predicted molar refractivity (Wildman–Crippen MR) is 71.1 cm³/mol. The number of aryl methyl sites for hydroxylation is 1. The highest BCUT2D eigenvalue weighted by atomic mass is 16.3. The minimum Gasteiger partial charge on any atom is -0.396 e. The Kier molecular flexibility index (Phi) is 6.36. The average molecular weight is 250 g/mol. The number of carbonyl (C=O) groups is 1. The van der Waals surface area contributed by atoms with Crippen LogP contribution in [0.5, 0.6) is 0 Å². The molecule has 0 saturated carbocycles. The highest BCUT2D eigenvalue weighted by molar-refractivity contribution is 5.76. The Hall–Kier alpha value is -1.42. The first-order valence-electron chi connectivity index (χ1n) is 6.44. The van der Waals surface area contributed by atoms with Gasteiger partial charge in [-0.1, -0.05) is 0 Å². The van der Waals surface area contributed by atoms with Gasteiger partial charge in [0, 0.05) is 38.0 Å². The van der Waals surface area contributed by atoms with E-state index in [1.165, 1.54) is 0 Å². The number of pyridine rings is 1. The quantitative estimate of drug-likeness (QED) is 0.800. The number of amides is 1. The zero-order chi connectivity index (χ0) is 13.4. The summed E-state index contributed by atoms with van der Waals surface area (Å²) in [6.45, 7) is 4.76. The summed E-state index contributed by atoms with van der Waals surface area (Å²) in [5.74, 6) is 0.148. The molecule has 0 saturated heterocycles. The Morgan fingerprint density at radius 2 is 2.06 bits per heavy atom. The normalized spacial score (nSPS) is 10.7. The molecule has 1 rings (SSSR count). The number of rotatable bonds is 7. The van der Waals surface area contributed by atoms with Crippen molar-refractivity contribution in [2.75, 3.05) is 13.2 Å². The molecule has 0 spiro atoms. The molecule has 0 aliphatic rings. The van der Waals surface area contributed by atoms with Gasteiger partial charge < -0.3 is 10.0 Å². The van der Waals surface area contributed by atoms with Crippen LogP contribution in [0.15, 0.2) is 24.5 Å². The molecule has 0 aliphatic heterocycles. The third-order valence-corrected chi connectivity index (χ3v) is 2.88. The number of nitrogens with zero attached hydrogens (tertiary/aromatic N) is 2. The van der Waals surface area contributed by atoms with Crippen LogP contribution >= 0.6 is 0 Å². The van der Waals surface area contributed by atoms with E-state index in [1.54, 1.807) is 12.4 Å². The van der Waals surface area contributed by atoms with Crippen LogP contribution in [-0.2, 0) is 11.2 Å². The van der Waals surface area contributed by atoms with Gasteiger partial charge in [0.15, 0.2) is 0 Å². The van der Waals surface area contributed by atoms with Crippen molar-refractivity contribution in [3.63, 3.8) is 0 Å². The third-order valence-electron chi connectivity index (χ3n) is 2.88. The summed E-state index contributed by atoms with van der Waals surface area (Å²) in [5, 5.41) is 8.84. The van der Waals surface area contributed by atoms with E-state index in [0.29, 0.717) is 19.4 Å². The number of carbonyl (C=O) groups excluding carboxylic acids is 1. The van der Waals surface area contributed by atoms with Crippen LogP contribution in [0.3, 0.4) is 0 Å². The van der Waals surface area contributed by atoms with E-state index < -0.39 is 0 Å². The summed E-state index contributed by atoms with van der Waals surface area (Å²) in [7, 11) is 0. The molecule has 0 fully saturated rings. The van der Waals surface area contributed by atoms with E-state index in [1.807, 2.05) is 30.9 Å². The Morgan fingerprint density at radius 1 is 1.39 bits per heavy atom. The number of hydrogen-bond donors (Lipinski definition) is 1. The van der Waals surface area contributed by atoms with Crippen molar-refractivity contribution >= 4 is 5.91 Å². The molecule has 1 amide bonds. The Bertz CT molecular complexity index is 352. The van der Waals surface area contributed by atoms with E-state index in [0.717, 1.165) is 12.0 Å². The third kappa shape index (κ3) is 4.84. The molecule has 1 heterocycles. The fraction of sp³-hybridized carbons (Fsp3) is 0.571. The standard InChI is InChI=1S/C14H22N2O2/c1-12(2)16(10-3-11-17)14(18)5-4-13-6-8-15-9-7-13/h6-9,12,17H,3-5,10-11H2,1-2H3. The van der Waals surface area contributed by atoms with Crippen molar-refractivity contribution in [2.45, 2.75) is 39.2 Å². The van der Waals surface area contributed by atoms with Gasteiger partial charge in [0.1, 0.15) is 0 Å². The van der Waals surface area contributed by atoms with Gasteiger partial charge in [0.05, 0.1) is 0 Å². The molecule has 1 aromatic rings. The van der Waals surface area contributed by atoms with E-state index >= 15 is 0 Å². The Labute approximate surface area is 109 Å². The van der Waals surface area contributed by atoms with Gasteiger partial charge in [0.2, 0.25) is 5.91 Å². The monoisotopic (exact) mass is 250 g/mol. The molecule has 0 atom stereocenters. The Morgan fingerprint density at radius 3 is 2.61 bits per heavy atom. The molecular formula is C14H22N2O2. The zero-order valence-corrected chi connectivity index (χ0v) is 11.2. The van der Waals surface area contributed by atoms with Gasteiger partial charge in [-0.25, -0.2) is 0 Å². The van der Waals surface area contributed by atoms with Crippen LogP contribution in [0.2, 0.25) is 0 Å². The van der Waals surface area contributed by atoms with Crippen molar-refractivity contribution in [1.29, 1.82) is 0 Å². The van der Waals surface area contributed by atoms with Gasteiger partial charge in [-0.15, -0.1) is 0 Å². The summed E-state index contributed by atoms with van der Waals surface area (Å²) in [6.07, 6.45) is 5.37. The van der Waals surface area contributed by atoms with Crippen molar-refractivity contribution in [3.8, 4) is 0 Å². The largest absolute Gasteiger partial charge is 0.396 e. The lowest BCUT2D eigenvalue weighted by molar-refractivity contribution is -0.133. The molecule has 0 bridgehead atoms. The fourth-order valence-corrected chi connectivity index (χ4v) is 1.86. The lowest BCUT2D eigenvalue weighted by Crippen LogP contribution is -2.38. The summed E-state index contributed by atoms with van der Waals surface area (Å²) in [6, 6.07) is 4.04. The molecule has 18 heavy (non-hydrogen) atoms. The van der Waals surface area contributed by atoms with Gasteiger partial charge in [0.25, 0.3) is 0 Å².